The molecule has 1 aromatic carbocycles. The van der Waals surface area contributed by atoms with Gasteiger partial charge < -0.3 is 4.57 Å². The number of benzene rings is 1. The van der Waals surface area contributed by atoms with Crippen molar-refractivity contribution in [1.82, 2.24) is 24.2 Å². The van der Waals surface area contributed by atoms with Gasteiger partial charge in [0.15, 0.2) is 11.2 Å². The van der Waals surface area contributed by atoms with Crippen LogP contribution in [0.3, 0.4) is 0 Å². The predicted molar refractivity (Wildman–Crippen MR) is 94.6 cm³/mol. The quantitative estimate of drug-likeness (QED) is 0.631. The molecule has 0 aliphatic carbocycles. The highest BCUT2D eigenvalue weighted by atomic mass is 16.6. The molecule has 0 aliphatic rings. The monoisotopic (exact) mass is 357 g/mol. The van der Waals surface area contributed by atoms with Gasteiger partial charge in [0, 0.05) is 6.54 Å². The van der Waals surface area contributed by atoms with Gasteiger partial charge in [-0.3, -0.25) is 19.0 Å². The fourth-order valence-electron chi connectivity index (χ4n) is 2.82. The van der Waals surface area contributed by atoms with E-state index in [2.05, 4.69) is 15.3 Å². The van der Waals surface area contributed by atoms with E-state index in [0.717, 1.165) is 10.1 Å². The molecule has 1 amide bonds. The SMILES string of the molecule is CCn1cnc2c1c(=O)n(CC(=O)NOC)c(=O)n2Cc1ccccc1. The van der Waals surface area contributed by atoms with Crippen LogP contribution in [0.1, 0.15) is 12.5 Å². The molecule has 0 saturated carbocycles. The van der Waals surface area contributed by atoms with Crippen molar-refractivity contribution in [2.75, 3.05) is 7.11 Å². The van der Waals surface area contributed by atoms with Gasteiger partial charge in [-0.1, -0.05) is 30.3 Å². The molecule has 0 atom stereocenters. The second-order valence-corrected chi connectivity index (χ2v) is 5.68. The molecule has 0 saturated heterocycles. The molecule has 0 unspecified atom stereocenters. The predicted octanol–water partition coefficient (Wildman–Crippen LogP) is 0.106. The highest BCUT2D eigenvalue weighted by Crippen LogP contribution is 2.09. The summed E-state index contributed by atoms with van der Waals surface area (Å²) in [5.74, 6) is -0.597. The third-order valence-corrected chi connectivity index (χ3v) is 4.03. The van der Waals surface area contributed by atoms with Crippen LogP contribution in [-0.4, -0.2) is 31.7 Å². The number of hydrogen-bond donors (Lipinski definition) is 1. The van der Waals surface area contributed by atoms with E-state index >= 15 is 0 Å². The second kappa shape index (κ2) is 7.36. The van der Waals surface area contributed by atoms with Crippen LogP contribution in [0.2, 0.25) is 0 Å². The molecule has 3 aromatic rings. The summed E-state index contributed by atoms with van der Waals surface area (Å²) < 4.78 is 3.95. The highest BCUT2D eigenvalue weighted by Gasteiger charge is 2.19. The number of rotatable bonds is 6. The van der Waals surface area contributed by atoms with Crippen molar-refractivity contribution in [2.45, 2.75) is 26.6 Å². The lowest BCUT2D eigenvalue weighted by atomic mass is 10.2. The van der Waals surface area contributed by atoms with Crippen LogP contribution < -0.4 is 16.7 Å². The number of fused-ring (bicyclic) bond motifs is 1. The Kier molecular flexibility index (Phi) is 4.99. The fourth-order valence-corrected chi connectivity index (χ4v) is 2.82. The molecule has 0 radical (unpaired) electrons. The Labute approximate surface area is 148 Å². The summed E-state index contributed by atoms with van der Waals surface area (Å²) in [6.45, 7) is 2.18. The molecule has 2 aromatic heterocycles. The highest BCUT2D eigenvalue weighted by molar-refractivity contribution is 5.75. The second-order valence-electron chi connectivity index (χ2n) is 5.68. The van der Waals surface area contributed by atoms with Gasteiger partial charge >= 0.3 is 5.69 Å². The average molecular weight is 357 g/mol. The number of imidazole rings is 1. The number of carbonyl (C=O) groups is 1. The van der Waals surface area contributed by atoms with E-state index in [0.29, 0.717) is 12.2 Å². The number of carbonyl (C=O) groups excluding carboxylic acids is 1. The van der Waals surface area contributed by atoms with Crippen molar-refractivity contribution < 1.29 is 9.63 Å². The number of amides is 1. The molecular weight excluding hydrogens is 338 g/mol. The minimum atomic E-state index is -0.598. The lowest BCUT2D eigenvalue weighted by Gasteiger charge is -2.12. The summed E-state index contributed by atoms with van der Waals surface area (Å²) in [5, 5.41) is 0. The molecule has 1 N–H and O–H groups in total. The van der Waals surface area contributed by atoms with Crippen molar-refractivity contribution in [3.63, 3.8) is 0 Å². The van der Waals surface area contributed by atoms with Crippen molar-refractivity contribution in [2.24, 2.45) is 0 Å². The third-order valence-electron chi connectivity index (χ3n) is 4.03. The van der Waals surface area contributed by atoms with E-state index in [1.165, 1.54) is 18.0 Å². The number of hydroxylamine groups is 1. The Morgan fingerprint density at radius 2 is 1.92 bits per heavy atom. The Bertz CT molecular complexity index is 1050. The smallest absolute Gasteiger partial charge is 0.325 e. The largest absolute Gasteiger partial charge is 0.333 e. The molecule has 26 heavy (non-hydrogen) atoms. The van der Waals surface area contributed by atoms with Gasteiger partial charge in [0.1, 0.15) is 6.54 Å². The van der Waals surface area contributed by atoms with Crippen LogP contribution in [0, 0.1) is 0 Å². The Morgan fingerprint density at radius 1 is 1.19 bits per heavy atom. The van der Waals surface area contributed by atoms with Crippen LogP contribution in [0.25, 0.3) is 11.2 Å². The van der Waals surface area contributed by atoms with Gasteiger partial charge in [-0.25, -0.2) is 19.8 Å². The minimum Gasteiger partial charge on any atom is -0.325 e. The molecule has 0 bridgehead atoms. The molecule has 3 rings (SSSR count). The van der Waals surface area contributed by atoms with Crippen LogP contribution in [0.4, 0.5) is 0 Å². The first kappa shape index (κ1) is 17.6. The Morgan fingerprint density at radius 3 is 2.58 bits per heavy atom. The lowest BCUT2D eigenvalue weighted by Crippen LogP contribution is -2.44. The fraction of sp³-hybridized carbons (Fsp3) is 0.294. The summed E-state index contributed by atoms with van der Waals surface area (Å²) in [4.78, 5) is 46.4. The van der Waals surface area contributed by atoms with Gasteiger partial charge in [-0.05, 0) is 12.5 Å². The van der Waals surface area contributed by atoms with Crippen LogP contribution in [-0.2, 0) is 29.3 Å². The first-order valence-corrected chi connectivity index (χ1v) is 8.11. The molecular formula is C17H19N5O4. The van der Waals surface area contributed by atoms with Crippen molar-refractivity contribution >= 4 is 17.1 Å². The van der Waals surface area contributed by atoms with Gasteiger partial charge in [0.25, 0.3) is 11.5 Å². The summed E-state index contributed by atoms with van der Waals surface area (Å²) in [6.07, 6.45) is 1.52. The molecule has 0 spiro atoms. The van der Waals surface area contributed by atoms with Gasteiger partial charge in [0.05, 0.1) is 20.0 Å². The number of aryl methyl sites for hydroxylation is 1. The minimum absolute atomic E-state index is 0.239. The van der Waals surface area contributed by atoms with Gasteiger partial charge in [-0.2, -0.15) is 0 Å². The summed E-state index contributed by atoms with van der Waals surface area (Å²) in [6, 6.07) is 9.36. The Balaban J connectivity index is 2.22. The maximum Gasteiger partial charge on any atom is 0.333 e. The standard InChI is InChI=1S/C17H19N5O4/c1-3-20-11-18-15-14(20)16(24)22(10-13(23)19-26-2)17(25)21(15)9-12-7-5-4-6-8-12/h4-8,11H,3,9-10H2,1-2H3,(H,19,23). The summed E-state index contributed by atoms with van der Waals surface area (Å²) in [5.41, 5.74) is 2.43. The molecule has 9 heteroatoms. The van der Waals surface area contributed by atoms with E-state index in [1.54, 1.807) is 4.57 Å². The molecule has 9 nitrogen and oxygen atoms in total. The van der Waals surface area contributed by atoms with Crippen LogP contribution >= 0.6 is 0 Å². The Hall–Kier alpha value is -3.20. The molecule has 0 aliphatic heterocycles. The van der Waals surface area contributed by atoms with Crippen molar-refractivity contribution in [3.05, 3.63) is 63.1 Å². The van der Waals surface area contributed by atoms with E-state index < -0.39 is 23.7 Å². The van der Waals surface area contributed by atoms with E-state index in [4.69, 9.17) is 0 Å². The number of nitrogens with one attached hydrogen (secondary N) is 1. The van der Waals surface area contributed by atoms with E-state index in [-0.39, 0.29) is 12.1 Å². The average Bonchev–Trinajstić information content (AvgIpc) is 3.07. The maximum absolute atomic E-state index is 12.9. The summed E-state index contributed by atoms with van der Waals surface area (Å²) in [7, 11) is 1.28. The molecule has 0 fully saturated rings. The van der Waals surface area contributed by atoms with Gasteiger partial charge in [-0.15, -0.1) is 0 Å². The summed E-state index contributed by atoms with van der Waals surface area (Å²) >= 11 is 0. The zero-order valence-electron chi connectivity index (χ0n) is 14.5. The first-order chi connectivity index (χ1) is 12.6. The van der Waals surface area contributed by atoms with E-state index in [9.17, 15) is 14.4 Å². The number of nitrogens with zero attached hydrogens (tertiary/aromatic N) is 4. The van der Waals surface area contributed by atoms with Crippen molar-refractivity contribution in [1.29, 1.82) is 0 Å². The number of aromatic nitrogens is 4. The zero-order valence-corrected chi connectivity index (χ0v) is 14.5. The third kappa shape index (κ3) is 3.16. The number of hydrogen-bond acceptors (Lipinski definition) is 5. The molecule has 2 heterocycles. The maximum atomic E-state index is 12.9. The molecule has 136 valence electrons. The van der Waals surface area contributed by atoms with Crippen LogP contribution in [0.15, 0.2) is 46.2 Å². The normalized spacial score (nSPS) is 11.0. The van der Waals surface area contributed by atoms with Crippen molar-refractivity contribution in [3.8, 4) is 0 Å². The van der Waals surface area contributed by atoms with Gasteiger partial charge in [0.2, 0.25) is 0 Å². The van der Waals surface area contributed by atoms with E-state index in [1.807, 2.05) is 37.3 Å². The van der Waals surface area contributed by atoms with Crippen LogP contribution in [0.5, 0.6) is 0 Å². The lowest BCUT2D eigenvalue weighted by molar-refractivity contribution is -0.132. The zero-order chi connectivity index (χ0) is 18.7. The topological polar surface area (TPSA) is 100 Å². The first-order valence-electron chi connectivity index (χ1n) is 8.11.